The zero-order valence-corrected chi connectivity index (χ0v) is 11.7. The van der Waals surface area contributed by atoms with Gasteiger partial charge in [0, 0.05) is 16.9 Å². The number of aromatic amines is 1. The van der Waals surface area contributed by atoms with Crippen LogP contribution in [0.3, 0.4) is 0 Å². The molecule has 18 heavy (non-hydrogen) atoms. The van der Waals surface area contributed by atoms with Crippen molar-refractivity contribution in [1.29, 1.82) is 0 Å². The zero-order chi connectivity index (χ0) is 13.4. The number of rotatable bonds is 1. The predicted octanol–water partition coefficient (Wildman–Crippen LogP) is 1.50. The van der Waals surface area contributed by atoms with E-state index in [1.807, 2.05) is 20.8 Å². The number of aromatic nitrogens is 3. The highest BCUT2D eigenvalue weighted by molar-refractivity contribution is 7.94. The third kappa shape index (κ3) is 2.77. The smallest absolute Gasteiger partial charge is 0.262 e. The van der Waals surface area contributed by atoms with E-state index in [0.717, 1.165) is 12.8 Å². The van der Waals surface area contributed by atoms with Gasteiger partial charge < -0.3 is 0 Å². The molecule has 0 atom stereocenters. The molecule has 0 unspecified atom stereocenters. The Morgan fingerprint density at radius 1 is 1.33 bits per heavy atom. The van der Waals surface area contributed by atoms with Gasteiger partial charge in [-0.15, -0.1) is 5.10 Å². The Morgan fingerprint density at radius 2 is 1.94 bits per heavy atom. The maximum atomic E-state index is 12.1. The van der Waals surface area contributed by atoms with Gasteiger partial charge in [-0.25, -0.2) is 9.19 Å². The summed E-state index contributed by atoms with van der Waals surface area (Å²) in [6, 6.07) is 0. The Kier molecular flexibility index (Phi) is 3.27. The lowest BCUT2D eigenvalue weighted by atomic mass is 9.96. The monoisotopic (exact) mass is 270 g/mol. The van der Waals surface area contributed by atoms with E-state index in [4.69, 9.17) is 0 Å². The summed E-state index contributed by atoms with van der Waals surface area (Å²) in [5.41, 5.74) is -0.207. The third-order valence-electron chi connectivity index (χ3n) is 2.81. The van der Waals surface area contributed by atoms with Crippen LogP contribution in [-0.4, -0.2) is 36.8 Å². The van der Waals surface area contributed by atoms with Crippen LogP contribution in [0.4, 0.5) is 0 Å². The van der Waals surface area contributed by atoms with E-state index in [-0.39, 0.29) is 11.2 Å². The first kappa shape index (κ1) is 13.2. The lowest BCUT2D eigenvalue weighted by molar-refractivity contribution is 0.0995. The molecule has 0 bridgehead atoms. The van der Waals surface area contributed by atoms with Crippen LogP contribution in [0.5, 0.6) is 0 Å². The molecule has 2 rings (SSSR count). The summed E-state index contributed by atoms with van der Waals surface area (Å²) >= 11 is 0. The highest BCUT2D eigenvalue weighted by Gasteiger charge is 2.23. The Bertz CT molecular complexity index is 564. The SMILES string of the molecule is CC(C)(C)c1nc(C(=O)N=S2(=O)CCCC2)n[nH]1. The van der Waals surface area contributed by atoms with E-state index < -0.39 is 15.6 Å². The van der Waals surface area contributed by atoms with Crippen molar-refractivity contribution in [3.05, 3.63) is 11.6 Å². The van der Waals surface area contributed by atoms with Gasteiger partial charge in [-0.1, -0.05) is 20.8 Å². The minimum atomic E-state index is -2.35. The molecule has 1 fully saturated rings. The molecule has 0 saturated carbocycles. The van der Waals surface area contributed by atoms with Gasteiger partial charge in [-0.05, 0) is 12.8 Å². The average Bonchev–Trinajstić information content (AvgIpc) is 2.84. The second kappa shape index (κ2) is 4.46. The summed E-state index contributed by atoms with van der Waals surface area (Å²) in [6.07, 6.45) is 1.74. The van der Waals surface area contributed by atoms with Crippen molar-refractivity contribution >= 4 is 15.6 Å². The summed E-state index contributed by atoms with van der Waals surface area (Å²) in [7, 11) is -2.35. The molecule has 100 valence electrons. The van der Waals surface area contributed by atoms with Crippen LogP contribution in [0.15, 0.2) is 4.36 Å². The summed E-state index contributed by atoms with van der Waals surface area (Å²) in [6.45, 7) is 5.91. The fourth-order valence-electron chi connectivity index (χ4n) is 1.73. The van der Waals surface area contributed by atoms with E-state index in [9.17, 15) is 9.00 Å². The van der Waals surface area contributed by atoms with Crippen LogP contribution in [0.25, 0.3) is 0 Å². The van der Waals surface area contributed by atoms with Crippen LogP contribution in [0.1, 0.15) is 50.1 Å². The number of carbonyl (C=O) groups excluding carboxylic acids is 1. The third-order valence-corrected chi connectivity index (χ3v) is 5.16. The lowest BCUT2D eigenvalue weighted by Gasteiger charge is -2.12. The van der Waals surface area contributed by atoms with Gasteiger partial charge in [-0.2, -0.15) is 4.36 Å². The predicted molar refractivity (Wildman–Crippen MR) is 69.0 cm³/mol. The number of nitrogens with one attached hydrogen (secondary N) is 1. The molecule has 1 aliphatic rings. The van der Waals surface area contributed by atoms with Crippen molar-refractivity contribution in [2.45, 2.75) is 39.0 Å². The van der Waals surface area contributed by atoms with Gasteiger partial charge in [-0.3, -0.25) is 9.89 Å². The number of amides is 1. The molecule has 1 aliphatic heterocycles. The Labute approximate surface area is 107 Å². The maximum Gasteiger partial charge on any atom is 0.324 e. The summed E-state index contributed by atoms with van der Waals surface area (Å²) in [5, 5.41) is 6.58. The van der Waals surface area contributed by atoms with E-state index in [1.54, 1.807) is 0 Å². The normalized spacial score (nSPS) is 18.8. The van der Waals surface area contributed by atoms with Crippen LogP contribution in [-0.2, 0) is 15.1 Å². The molecular formula is C11H18N4O2S. The summed E-state index contributed by atoms with van der Waals surface area (Å²) in [5.74, 6) is 1.08. The molecule has 1 saturated heterocycles. The Morgan fingerprint density at radius 3 is 2.44 bits per heavy atom. The topological polar surface area (TPSA) is 88.1 Å². The van der Waals surface area contributed by atoms with E-state index >= 15 is 0 Å². The largest absolute Gasteiger partial charge is 0.324 e. The molecular weight excluding hydrogens is 252 g/mol. The Balaban J connectivity index is 2.25. The number of H-pyrrole nitrogens is 1. The zero-order valence-electron chi connectivity index (χ0n) is 10.9. The maximum absolute atomic E-state index is 12.1. The van der Waals surface area contributed by atoms with Gasteiger partial charge in [0.1, 0.15) is 5.82 Å². The van der Waals surface area contributed by atoms with Crippen molar-refractivity contribution in [3.8, 4) is 0 Å². The first-order valence-electron chi connectivity index (χ1n) is 6.00. The molecule has 1 amide bonds. The number of hydrogen-bond acceptors (Lipinski definition) is 4. The molecule has 6 nitrogen and oxygen atoms in total. The number of hydrogen-bond donors (Lipinski definition) is 1. The minimum absolute atomic E-state index is 0.00884. The van der Waals surface area contributed by atoms with Gasteiger partial charge in [0.25, 0.3) is 0 Å². The standard InChI is InChI=1S/C11H18N4O2S/c1-11(2,3)10-12-8(13-14-10)9(16)15-18(17)6-4-5-7-18/h4-7H2,1-3H3,(H,12,13,14). The molecule has 2 heterocycles. The van der Waals surface area contributed by atoms with Crippen LogP contribution in [0, 0.1) is 0 Å². The molecule has 0 spiro atoms. The van der Waals surface area contributed by atoms with E-state index in [2.05, 4.69) is 19.5 Å². The van der Waals surface area contributed by atoms with Crippen molar-refractivity contribution in [2.75, 3.05) is 11.5 Å². The van der Waals surface area contributed by atoms with Crippen molar-refractivity contribution in [1.82, 2.24) is 15.2 Å². The molecule has 1 aromatic heterocycles. The van der Waals surface area contributed by atoms with Crippen molar-refractivity contribution in [2.24, 2.45) is 4.36 Å². The lowest BCUT2D eigenvalue weighted by Crippen LogP contribution is -2.13. The number of carbonyl (C=O) groups is 1. The van der Waals surface area contributed by atoms with E-state index in [1.165, 1.54) is 0 Å². The first-order valence-corrected chi connectivity index (χ1v) is 7.85. The second-order valence-electron chi connectivity index (χ2n) is 5.54. The molecule has 0 aliphatic carbocycles. The van der Waals surface area contributed by atoms with Crippen molar-refractivity contribution in [3.63, 3.8) is 0 Å². The highest BCUT2D eigenvalue weighted by Crippen LogP contribution is 2.18. The van der Waals surface area contributed by atoms with Gasteiger partial charge >= 0.3 is 5.91 Å². The van der Waals surface area contributed by atoms with Gasteiger partial charge in [0.2, 0.25) is 5.82 Å². The molecule has 1 aromatic rings. The second-order valence-corrected chi connectivity index (χ2v) is 8.09. The highest BCUT2D eigenvalue weighted by atomic mass is 32.2. The summed E-state index contributed by atoms with van der Waals surface area (Å²) in [4.78, 5) is 16.0. The fourth-order valence-corrected chi connectivity index (χ4v) is 3.81. The number of nitrogens with zero attached hydrogens (tertiary/aromatic N) is 3. The fraction of sp³-hybridized carbons (Fsp3) is 0.727. The minimum Gasteiger partial charge on any atom is -0.262 e. The molecule has 1 N–H and O–H groups in total. The summed E-state index contributed by atoms with van der Waals surface area (Å²) < 4.78 is 15.9. The first-order chi connectivity index (χ1) is 8.30. The molecule has 0 radical (unpaired) electrons. The quantitative estimate of drug-likeness (QED) is 0.837. The average molecular weight is 270 g/mol. The van der Waals surface area contributed by atoms with Gasteiger partial charge in [0.15, 0.2) is 0 Å². The van der Waals surface area contributed by atoms with Crippen LogP contribution >= 0.6 is 0 Å². The van der Waals surface area contributed by atoms with Crippen LogP contribution in [0.2, 0.25) is 0 Å². The molecule has 7 heteroatoms. The van der Waals surface area contributed by atoms with Gasteiger partial charge in [0.05, 0.1) is 9.73 Å². The Hall–Kier alpha value is -1.24. The van der Waals surface area contributed by atoms with Crippen molar-refractivity contribution < 1.29 is 9.00 Å². The van der Waals surface area contributed by atoms with Crippen LogP contribution < -0.4 is 0 Å². The van der Waals surface area contributed by atoms with E-state index in [0.29, 0.717) is 17.3 Å². The molecule has 0 aromatic carbocycles.